The van der Waals surface area contributed by atoms with Gasteiger partial charge in [0.15, 0.2) is 6.61 Å². The molecular formula is C13H14N2O2S. The van der Waals surface area contributed by atoms with E-state index in [9.17, 15) is 4.79 Å². The van der Waals surface area contributed by atoms with Crippen molar-refractivity contribution in [1.29, 1.82) is 0 Å². The highest BCUT2D eigenvalue weighted by atomic mass is 32.1. The lowest BCUT2D eigenvalue weighted by atomic mass is 10.3. The minimum atomic E-state index is -0.108. The lowest BCUT2D eigenvalue weighted by molar-refractivity contribution is -0.123. The predicted molar refractivity (Wildman–Crippen MR) is 70.8 cm³/mol. The van der Waals surface area contributed by atoms with Crippen LogP contribution >= 0.6 is 11.3 Å². The molecule has 0 unspecified atom stereocenters. The molecule has 0 aliphatic rings. The van der Waals surface area contributed by atoms with E-state index in [0.29, 0.717) is 12.3 Å². The normalized spacial score (nSPS) is 10.0. The van der Waals surface area contributed by atoms with Crippen LogP contribution in [0.1, 0.15) is 4.88 Å². The predicted octanol–water partition coefficient (Wildman–Crippen LogP) is 1.88. The molecular weight excluding hydrogens is 248 g/mol. The third-order valence-electron chi connectivity index (χ3n) is 2.29. The molecule has 0 saturated heterocycles. The van der Waals surface area contributed by atoms with Gasteiger partial charge in [-0.05, 0) is 12.1 Å². The van der Waals surface area contributed by atoms with Crippen molar-refractivity contribution >= 4 is 17.2 Å². The molecule has 1 heterocycles. The van der Waals surface area contributed by atoms with E-state index in [2.05, 4.69) is 10.3 Å². The molecule has 18 heavy (non-hydrogen) atoms. The SMILES string of the molecule is O=C(COc1ccccc1)NCCc1cncs1. The molecule has 2 rings (SSSR count). The molecule has 0 bridgehead atoms. The van der Waals surface area contributed by atoms with Crippen LogP contribution in [0.3, 0.4) is 0 Å². The number of carbonyl (C=O) groups excluding carboxylic acids is 1. The fourth-order valence-corrected chi connectivity index (χ4v) is 2.01. The van der Waals surface area contributed by atoms with Crippen molar-refractivity contribution in [2.75, 3.05) is 13.2 Å². The third kappa shape index (κ3) is 4.18. The van der Waals surface area contributed by atoms with Crippen LogP contribution in [0, 0.1) is 0 Å². The summed E-state index contributed by atoms with van der Waals surface area (Å²) in [6.07, 6.45) is 2.62. The number of hydrogen-bond acceptors (Lipinski definition) is 4. The lowest BCUT2D eigenvalue weighted by Gasteiger charge is -2.06. The largest absolute Gasteiger partial charge is 0.484 e. The maximum atomic E-state index is 11.5. The van der Waals surface area contributed by atoms with E-state index in [1.54, 1.807) is 16.8 Å². The Morgan fingerprint density at radius 2 is 2.17 bits per heavy atom. The van der Waals surface area contributed by atoms with E-state index >= 15 is 0 Å². The van der Waals surface area contributed by atoms with Gasteiger partial charge in [0.2, 0.25) is 0 Å². The first-order chi connectivity index (χ1) is 8.84. The smallest absolute Gasteiger partial charge is 0.257 e. The second kappa shape index (κ2) is 6.76. The number of carbonyl (C=O) groups is 1. The van der Waals surface area contributed by atoms with Crippen molar-refractivity contribution in [3.8, 4) is 5.75 Å². The number of hydrogen-bond donors (Lipinski definition) is 1. The van der Waals surface area contributed by atoms with Gasteiger partial charge < -0.3 is 10.1 Å². The van der Waals surface area contributed by atoms with Crippen LogP contribution in [-0.4, -0.2) is 24.0 Å². The highest BCUT2D eigenvalue weighted by Crippen LogP contribution is 2.07. The molecule has 0 fully saturated rings. The summed E-state index contributed by atoms with van der Waals surface area (Å²) in [6, 6.07) is 9.30. The Morgan fingerprint density at radius 3 is 2.89 bits per heavy atom. The number of rotatable bonds is 6. The number of nitrogens with one attached hydrogen (secondary N) is 1. The van der Waals surface area contributed by atoms with Crippen LogP contribution in [0.15, 0.2) is 42.0 Å². The van der Waals surface area contributed by atoms with E-state index in [-0.39, 0.29) is 12.5 Å². The van der Waals surface area contributed by atoms with Crippen LogP contribution in [0.2, 0.25) is 0 Å². The summed E-state index contributed by atoms with van der Waals surface area (Å²) in [7, 11) is 0. The Labute approximate surface area is 110 Å². The summed E-state index contributed by atoms with van der Waals surface area (Å²) in [5.41, 5.74) is 1.79. The molecule has 0 atom stereocenters. The summed E-state index contributed by atoms with van der Waals surface area (Å²) in [5.74, 6) is 0.596. The maximum Gasteiger partial charge on any atom is 0.257 e. The fraction of sp³-hybridized carbons (Fsp3) is 0.231. The van der Waals surface area contributed by atoms with Crippen LogP contribution < -0.4 is 10.1 Å². The molecule has 94 valence electrons. The monoisotopic (exact) mass is 262 g/mol. The number of benzene rings is 1. The number of aromatic nitrogens is 1. The zero-order valence-electron chi connectivity index (χ0n) is 9.83. The van der Waals surface area contributed by atoms with E-state index in [4.69, 9.17) is 4.74 Å². The number of nitrogens with zero attached hydrogens (tertiary/aromatic N) is 1. The van der Waals surface area contributed by atoms with Crippen molar-refractivity contribution < 1.29 is 9.53 Å². The Hall–Kier alpha value is -1.88. The van der Waals surface area contributed by atoms with Crippen LogP contribution in [0.25, 0.3) is 0 Å². The third-order valence-corrected chi connectivity index (χ3v) is 3.13. The van der Waals surface area contributed by atoms with Gasteiger partial charge in [0.05, 0.1) is 5.51 Å². The average Bonchev–Trinajstić information content (AvgIpc) is 2.91. The highest BCUT2D eigenvalue weighted by molar-refractivity contribution is 7.09. The molecule has 0 aliphatic carbocycles. The Morgan fingerprint density at radius 1 is 1.33 bits per heavy atom. The molecule has 0 aliphatic heterocycles. The second-order valence-corrected chi connectivity index (χ2v) is 4.64. The highest BCUT2D eigenvalue weighted by Gasteiger charge is 2.02. The van der Waals surface area contributed by atoms with Gasteiger partial charge in [-0.15, -0.1) is 11.3 Å². The van der Waals surface area contributed by atoms with Crippen molar-refractivity contribution in [1.82, 2.24) is 10.3 Å². The summed E-state index contributed by atoms with van der Waals surface area (Å²) in [6.45, 7) is 0.659. The zero-order valence-corrected chi connectivity index (χ0v) is 10.7. The van der Waals surface area contributed by atoms with E-state index < -0.39 is 0 Å². The molecule has 2 aromatic rings. The summed E-state index contributed by atoms with van der Waals surface area (Å²) >= 11 is 1.59. The maximum absolute atomic E-state index is 11.5. The van der Waals surface area contributed by atoms with Gasteiger partial charge in [-0.3, -0.25) is 9.78 Å². The molecule has 0 saturated carbocycles. The topological polar surface area (TPSA) is 51.2 Å². The zero-order chi connectivity index (χ0) is 12.6. The average molecular weight is 262 g/mol. The Kier molecular flexibility index (Phi) is 4.72. The molecule has 5 heteroatoms. The Balaban J connectivity index is 1.63. The first-order valence-electron chi connectivity index (χ1n) is 5.66. The number of thiazole rings is 1. The second-order valence-electron chi connectivity index (χ2n) is 3.67. The minimum absolute atomic E-state index is 0.0483. The van der Waals surface area contributed by atoms with Gasteiger partial charge in [-0.1, -0.05) is 18.2 Å². The van der Waals surface area contributed by atoms with Gasteiger partial charge in [-0.25, -0.2) is 0 Å². The van der Waals surface area contributed by atoms with E-state index in [1.807, 2.05) is 36.5 Å². The van der Waals surface area contributed by atoms with Gasteiger partial charge in [0, 0.05) is 24.0 Å². The van der Waals surface area contributed by atoms with Crippen LogP contribution in [0.5, 0.6) is 5.75 Å². The van der Waals surface area contributed by atoms with Gasteiger partial charge in [-0.2, -0.15) is 0 Å². The number of ether oxygens (including phenoxy) is 1. The molecule has 0 radical (unpaired) electrons. The number of para-hydroxylation sites is 1. The van der Waals surface area contributed by atoms with Gasteiger partial charge >= 0.3 is 0 Å². The van der Waals surface area contributed by atoms with Gasteiger partial charge in [0.25, 0.3) is 5.91 Å². The van der Waals surface area contributed by atoms with Crippen molar-refractivity contribution in [2.24, 2.45) is 0 Å². The van der Waals surface area contributed by atoms with Crippen molar-refractivity contribution in [3.05, 3.63) is 46.9 Å². The van der Waals surface area contributed by atoms with E-state index in [1.165, 1.54) is 4.88 Å². The van der Waals surface area contributed by atoms with Crippen LogP contribution in [-0.2, 0) is 11.2 Å². The first-order valence-corrected chi connectivity index (χ1v) is 6.54. The number of amides is 1. The molecule has 1 aromatic carbocycles. The van der Waals surface area contributed by atoms with Gasteiger partial charge in [0.1, 0.15) is 5.75 Å². The quantitative estimate of drug-likeness (QED) is 0.864. The first kappa shape index (κ1) is 12.6. The minimum Gasteiger partial charge on any atom is -0.484 e. The molecule has 4 nitrogen and oxygen atoms in total. The summed E-state index contributed by atoms with van der Waals surface area (Å²) < 4.78 is 5.33. The van der Waals surface area contributed by atoms with Crippen molar-refractivity contribution in [2.45, 2.75) is 6.42 Å². The fourth-order valence-electron chi connectivity index (χ4n) is 1.41. The lowest BCUT2D eigenvalue weighted by Crippen LogP contribution is -2.30. The Bertz CT molecular complexity index is 471. The van der Waals surface area contributed by atoms with Crippen LogP contribution in [0.4, 0.5) is 0 Å². The van der Waals surface area contributed by atoms with Crippen molar-refractivity contribution in [3.63, 3.8) is 0 Å². The summed E-state index contributed by atoms with van der Waals surface area (Å²) in [5, 5.41) is 2.81. The molecule has 0 spiro atoms. The summed E-state index contributed by atoms with van der Waals surface area (Å²) in [4.78, 5) is 16.6. The standard InChI is InChI=1S/C13H14N2O2S/c16-13(9-17-11-4-2-1-3-5-11)15-7-6-12-8-14-10-18-12/h1-5,8,10H,6-7,9H2,(H,15,16). The molecule has 1 N–H and O–H groups in total. The molecule has 1 amide bonds. The van der Waals surface area contributed by atoms with E-state index in [0.717, 1.165) is 6.42 Å². The molecule has 1 aromatic heterocycles.